The Labute approximate surface area is 103 Å². The van der Waals surface area contributed by atoms with E-state index < -0.39 is 6.10 Å². The second-order valence-corrected chi connectivity index (χ2v) is 5.40. The molecule has 1 saturated heterocycles. The number of fused-ring (bicyclic) bond motifs is 1. The van der Waals surface area contributed by atoms with Crippen molar-refractivity contribution in [3.8, 4) is 0 Å². The minimum Gasteiger partial charge on any atom is -0.388 e. The van der Waals surface area contributed by atoms with E-state index >= 15 is 0 Å². The van der Waals surface area contributed by atoms with Crippen molar-refractivity contribution in [2.45, 2.75) is 38.9 Å². The molecule has 3 rings (SSSR count). The van der Waals surface area contributed by atoms with Crippen LogP contribution in [0.25, 0.3) is 4.96 Å². The van der Waals surface area contributed by atoms with Crippen LogP contribution in [0.4, 0.5) is 0 Å². The number of hydrogen-bond acceptors (Lipinski definition) is 5. The van der Waals surface area contributed by atoms with Crippen molar-refractivity contribution in [2.24, 2.45) is 0 Å². The van der Waals surface area contributed by atoms with Crippen LogP contribution in [0.2, 0.25) is 0 Å². The van der Waals surface area contributed by atoms with Gasteiger partial charge in [-0.3, -0.25) is 0 Å². The maximum atomic E-state index is 9.62. The molecule has 2 unspecified atom stereocenters. The number of aromatic nitrogens is 3. The molecule has 2 aromatic rings. The molecule has 0 aromatic carbocycles. The summed E-state index contributed by atoms with van der Waals surface area (Å²) in [7, 11) is 0. The third kappa shape index (κ3) is 1.76. The van der Waals surface area contributed by atoms with Gasteiger partial charge in [0.2, 0.25) is 4.96 Å². The van der Waals surface area contributed by atoms with Gasteiger partial charge in [0.05, 0.1) is 16.7 Å². The summed E-state index contributed by atoms with van der Waals surface area (Å²) in [4.78, 5) is 6.26. The van der Waals surface area contributed by atoms with Crippen molar-refractivity contribution in [1.29, 1.82) is 0 Å². The molecule has 0 amide bonds. The fraction of sp³-hybridized carbons (Fsp3) is 0.636. The summed E-state index contributed by atoms with van der Waals surface area (Å²) in [5, 5.41) is 14.1. The van der Waals surface area contributed by atoms with E-state index in [1.165, 1.54) is 11.3 Å². The quantitative estimate of drug-likeness (QED) is 0.889. The van der Waals surface area contributed by atoms with Crippen LogP contribution < -0.4 is 0 Å². The van der Waals surface area contributed by atoms with Crippen molar-refractivity contribution in [1.82, 2.24) is 14.6 Å². The molecule has 5 nitrogen and oxygen atoms in total. The Hall–Kier alpha value is -0.980. The lowest BCUT2D eigenvalue weighted by Gasteiger charge is -2.03. The topological polar surface area (TPSA) is 59.7 Å². The zero-order chi connectivity index (χ0) is 12.0. The number of hydrogen-bond donors (Lipinski definition) is 1. The van der Waals surface area contributed by atoms with Crippen molar-refractivity contribution < 1.29 is 9.84 Å². The molecule has 3 heterocycles. The molecular weight excluding hydrogens is 238 g/mol. The van der Waals surface area contributed by atoms with Gasteiger partial charge in [-0.2, -0.15) is 4.98 Å². The first kappa shape index (κ1) is 11.1. The first-order chi connectivity index (χ1) is 8.16. The largest absolute Gasteiger partial charge is 0.388 e. The van der Waals surface area contributed by atoms with E-state index in [-0.39, 0.29) is 6.10 Å². The highest BCUT2D eigenvalue weighted by molar-refractivity contribution is 7.17. The monoisotopic (exact) mass is 253 g/mol. The molecule has 17 heavy (non-hydrogen) atoms. The molecule has 0 saturated carbocycles. The van der Waals surface area contributed by atoms with E-state index in [9.17, 15) is 5.11 Å². The van der Waals surface area contributed by atoms with E-state index in [0.29, 0.717) is 0 Å². The third-order valence-electron chi connectivity index (χ3n) is 3.07. The number of aliphatic hydroxyl groups is 1. The lowest BCUT2D eigenvalue weighted by atomic mass is 10.2. The van der Waals surface area contributed by atoms with Crippen LogP contribution in [0.1, 0.15) is 48.4 Å². The van der Waals surface area contributed by atoms with Gasteiger partial charge in [0, 0.05) is 6.61 Å². The second-order valence-electron chi connectivity index (χ2n) is 4.39. The third-order valence-corrected chi connectivity index (χ3v) is 4.37. The standard InChI is InChI=1S/C11H15N3O2S/c1-6-9(7(2)15)17-11-12-10(13-14(6)11)8-4-3-5-16-8/h7-8,15H,3-5H2,1-2H3. The Morgan fingerprint density at radius 2 is 2.41 bits per heavy atom. The van der Waals surface area contributed by atoms with Crippen LogP contribution in [-0.4, -0.2) is 26.3 Å². The van der Waals surface area contributed by atoms with Gasteiger partial charge < -0.3 is 9.84 Å². The Balaban J connectivity index is 2.03. The fourth-order valence-corrected chi connectivity index (χ4v) is 3.18. The van der Waals surface area contributed by atoms with E-state index in [2.05, 4.69) is 10.1 Å². The van der Waals surface area contributed by atoms with Gasteiger partial charge in [0.1, 0.15) is 6.10 Å². The summed E-state index contributed by atoms with van der Waals surface area (Å²) in [6.45, 7) is 4.52. The predicted octanol–water partition coefficient (Wildman–Crippen LogP) is 2.00. The highest BCUT2D eigenvalue weighted by Gasteiger charge is 2.24. The molecule has 92 valence electrons. The Bertz CT molecular complexity index is 540. The van der Waals surface area contributed by atoms with E-state index in [1.54, 1.807) is 6.92 Å². The van der Waals surface area contributed by atoms with Gasteiger partial charge in [0.15, 0.2) is 5.82 Å². The number of ether oxygens (including phenoxy) is 1. The molecule has 0 aliphatic carbocycles. The van der Waals surface area contributed by atoms with Gasteiger partial charge in [-0.15, -0.1) is 5.10 Å². The molecule has 0 radical (unpaired) electrons. The average Bonchev–Trinajstić information content (AvgIpc) is 2.94. The van der Waals surface area contributed by atoms with Crippen molar-refractivity contribution >= 4 is 16.3 Å². The zero-order valence-electron chi connectivity index (χ0n) is 9.88. The minimum absolute atomic E-state index is 0.0523. The molecule has 0 bridgehead atoms. The van der Waals surface area contributed by atoms with Gasteiger partial charge in [-0.25, -0.2) is 4.52 Å². The predicted molar refractivity (Wildman–Crippen MR) is 64.2 cm³/mol. The first-order valence-electron chi connectivity index (χ1n) is 5.82. The molecule has 6 heteroatoms. The summed E-state index contributed by atoms with van der Waals surface area (Å²) in [5.74, 6) is 0.772. The van der Waals surface area contributed by atoms with Crippen molar-refractivity contribution in [3.05, 3.63) is 16.4 Å². The highest BCUT2D eigenvalue weighted by atomic mass is 32.1. The maximum absolute atomic E-state index is 9.62. The summed E-state index contributed by atoms with van der Waals surface area (Å²) < 4.78 is 7.38. The van der Waals surface area contributed by atoms with Crippen LogP contribution in [0.5, 0.6) is 0 Å². The summed E-state index contributed by atoms with van der Waals surface area (Å²) in [6.07, 6.45) is 1.67. The second kappa shape index (κ2) is 4.04. The molecule has 2 aromatic heterocycles. The van der Waals surface area contributed by atoms with Gasteiger partial charge >= 0.3 is 0 Å². The van der Waals surface area contributed by atoms with Gasteiger partial charge in [-0.05, 0) is 26.7 Å². The molecule has 1 N–H and O–H groups in total. The fourth-order valence-electron chi connectivity index (χ4n) is 2.18. The number of thiazole rings is 1. The average molecular weight is 253 g/mol. The number of nitrogens with zero attached hydrogens (tertiary/aromatic N) is 3. The van der Waals surface area contributed by atoms with Crippen LogP contribution in [0, 0.1) is 6.92 Å². The van der Waals surface area contributed by atoms with Gasteiger partial charge in [-0.1, -0.05) is 11.3 Å². The summed E-state index contributed by atoms with van der Waals surface area (Å²) in [5.41, 5.74) is 0.969. The van der Waals surface area contributed by atoms with Crippen LogP contribution in [0.15, 0.2) is 0 Å². The van der Waals surface area contributed by atoms with Crippen LogP contribution in [-0.2, 0) is 4.74 Å². The lowest BCUT2D eigenvalue weighted by molar-refractivity contribution is 0.105. The first-order valence-corrected chi connectivity index (χ1v) is 6.64. The highest BCUT2D eigenvalue weighted by Crippen LogP contribution is 2.31. The maximum Gasteiger partial charge on any atom is 0.212 e. The minimum atomic E-state index is -0.463. The molecule has 1 aliphatic heterocycles. The lowest BCUT2D eigenvalue weighted by Crippen LogP contribution is -2.00. The van der Waals surface area contributed by atoms with Crippen LogP contribution in [0.3, 0.4) is 0 Å². The van der Waals surface area contributed by atoms with Crippen LogP contribution >= 0.6 is 11.3 Å². The molecular formula is C11H15N3O2S. The number of aryl methyl sites for hydroxylation is 1. The normalized spacial score (nSPS) is 22.4. The van der Waals surface area contributed by atoms with Crippen molar-refractivity contribution in [2.75, 3.05) is 6.61 Å². The smallest absolute Gasteiger partial charge is 0.212 e. The summed E-state index contributed by atoms with van der Waals surface area (Å²) >= 11 is 1.50. The molecule has 0 spiro atoms. The molecule has 2 atom stereocenters. The van der Waals surface area contributed by atoms with Crippen molar-refractivity contribution in [3.63, 3.8) is 0 Å². The Kier molecular flexibility index (Phi) is 2.65. The zero-order valence-corrected chi connectivity index (χ0v) is 10.7. The van der Waals surface area contributed by atoms with E-state index in [0.717, 1.165) is 40.8 Å². The Morgan fingerprint density at radius 1 is 1.59 bits per heavy atom. The number of aliphatic hydroxyl groups excluding tert-OH is 1. The molecule has 1 aliphatic rings. The van der Waals surface area contributed by atoms with Gasteiger partial charge in [0.25, 0.3) is 0 Å². The Morgan fingerprint density at radius 3 is 3.00 bits per heavy atom. The van der Waals surface area contributed by atoms with E-state index in [4.69, 9.17) is 4.74 Å². The number of rotatable bonds is 2. The van der Waals surface area contributed by atoms with E-state index in [1.807, 2.05) is 11.4 Å². The molecule has 1 fully saturated rings. The summed E-state index contributed by atoms with van der Waals surface area (Å²) in [6, 6.07) is 0. The SMILES string of the molecule is Cc1c(C(C)O)sc2nc(C3CCCO3)nn12.